The van der Waals surface area contributed by atoms with Crippen molar-refractivity contribution in [3.05, 3.63) is 23.8 Å². The van der Waals surface area contributed by atoms with Gasteiger partial charge in [-0.05, 0) is 43.5 Å². The van der Waals surface area contributed by atoms with Crippen LogP contribution in [0.2, 0.25) is 0 Å². The Bertz CT molecular complexity index is 422. The molecule has 112 valence electrons. The maximum Gasteiger partial charge on any atom is 0.220 e. The van der Waals surface area contributed by atoms with Gasteiger partial charge >= 0.3 is 0 Å². The minimum Gasteiger partial charge on any atom is -0.493 e. The lowest BCUT2D eigenvalue weighted by atomic mass is 10.1. The highest BCUT2D eigenvalue weighted by Crippen LogP contribution is 2.27. The molecule has 5 nitrogen and oxygen atoms in total. The first-order valence-corrected chi connectivity index (χ1v) is 6.89. The lowest BCUT2D eigenvalue weighted by Crippen LogP contribution is -2.25. The van der Waals surface area contributed by atoms with Crippen molar-refractivity contribution in [2.24, 2.45) is 5.73 Å². The number of hydrogen-bond acceptors (Lipinski definition) is 4. The van der Waals surface area contributed by atoms with E-state index in [1.54, 1.807) is 14.2 Å². The van der Waals surface area contributed by atoms with Crippen LogP contribution < -0.4 is 20.5 Å². The number of nitrogens with one attached hydrogen (secondary N) is 1. The quantitative estimate of drug-likeness (QED) is 0.672. The molecule has 0 saturated carbocycles. The highest BCUT2D eigenvalue weighted by Gasteiger charge is 2.05. The van der Waals surface area contributed by atoms with Crippen molar-refractivity contribution >= 4 is 5.91 Å². The molecule has 0 saturated heterocycles. The van der Waals surface area contributed by atoms with Crippen LogP contribution in [0.15, 0.2) is 18.2 Å². The van der Waals surface area contributed by atoms with Crippen molar-refractivity contribution in [2.75, 3.05) is 27.3 Å². The van der Waals surface area contributed by atoms with Crippen LogP contribution >= 0.6 is 0 Å². The van der Waals surface area contributed by atoms with E-state index in [1.165, 1.54) is 0 Å². The Morgan fingerprint density at radius 3 is 2.60 bits per heavy atom. The Morgan fingerprint density at radius 2 is 1.95 bits per heavy atom. The van der Waals surface area contributed by atoms with Gasteiger partial charge in [0.15, 0.2) is 11.5 Å². The Balaban J connectivity index is 2.36. The Morgan fingerprint density at radius 1 is 1.20 bits per heavy atom. The molecule has 1 amide bonds. The number of unbranched alkanes of at least 4 members (excludes halogenated alkanes) is 1. The second kappa shape index (κ2) is 9.20. The third kappa shape index (κ3) is 5.48. The summed E-state index contributed by atoms with van der Waals surface area (Å²) in [7, 11) is 3.22. The van der Waals surface area contributed by atoms with E-state index in [1.807, 2.05) is 18.2 Å². The summed E-state index contributed by atoms with van der Waals surface area (Å²) in [6.07, 6.45) is 3.05. The van der Waals surface area contributed by atoms with Gasteiger partial charge < -0.3 is 20.5 Å². The normalized spacial score (nSPS) is 10.2. The molecule has 5 heteroatoms. The minimum absolute atomic E-state index is 0.0823. The fraction of sp³-hybridized carbons (Fsp3) is 0.533. The monoisotopic (exact) mass is 280 g/mol. The first kappa shape index (κ1) is 16.3. The van der Waals surface area contributed by atoms with E-state index in [0.29, 0.717) is 31.0 Å². The van der Waals surface area contributed by atoms with Crippen LogP contribution in [0.1, 0.15) is 24.8 Å². The zero-order chi connectivity index (χ0) is 14.8. The second-order valence-electron chi connectivity index (χ2n) is 4.54. The van der Waals surface area contributed by atoms with Gasteiger partial charge in [0.25, 0.3) is 0 Å². The summed E-state index contributed by atoms with van der Waals surface area (Å²) in [5.41, 5.74) is 6.49. The Labute approximate surface area is 120 Å². The SMILES string of the molecule is COc1ccc(CCNC(=O)CCCCN)cc1OC. The van der Waals surface area contributed by atoms with E-state index in [2.05, 4.69) is 5.32 Å². The molecule has 1 aromatic carbocycles. The summed E-state index contributed by atoms with van der Waals surface area (Å²) in [6.45, 7) is 1.26. The van der Waals surface area contributed by atoms with Gasteiger partial charge in [-0.15, -0.1) is 0 Å². The van der Waals surface area contributed by atoms with Gasteiger partial charge in [-0.3, -0.25) is 4.79 Å². The van der Waals surface area contributed by atoms with E-state index in [9.17, 15) is 4.79 Å². The van der Waals surface area contributed by atoms with Crippen molar-refractivity contribution in [3.8, 4) is 11.5 Å². The van der Waals surface area contributed by atoms with Gasteiger partial charge in [-0.25, -0.2) is 0 Å². The molecule has 0 atom stereocenters. The molecule has 0 aliphatic heterocycles. The van der Waals surface area contributed by atoms with Crippen molar-refractivity contribution < 1.29 is 14.3 Å². The molecular weight excluding hydrogens is 256 g/mol. The molecule has 1 aromatic rings. The summed E-state index contributed by atoms with van der Waals surface area (Å²) in [5.74, 6) is 1.50. The number of carbonyl (C=O) groups is 1. The number of amides is 1. The molecule has 0 unspecified atom stereocenters. The van der Waals surface area contributed by atoms with E-state index >= 15 is 0 Å². The van der Waals surface area contributed by atoms with Gasteiger partial charge in [0.05, 0.1) is 14.2 Å². The summed E-state index contributed by atoms with van der Waals surface area (Å²) in [6, 6.07) is 5.78. The number of nitrogens with two attached hydrogens (primary N) is 1. The predicted octanol–water partition coefficient (Wildman–Crippen LogP) is 1.49. The average molecular weight is 280 g/mol. The molecule has 0 fully saturated rings. The van der Waals surface area contributed by atoms with Crippen molar-refractivity contribution in [3.63, 3.8) is 0 Å². The van der Waals surface area contributed by atoms with Gasteiger partial charge in [0.2, 0.25) is 5.91 Å². The van der Waals surface area contributed by atoms with Crippen LogP contribution in [0.25, 0.3) is 0 Å². The molecule has 0 spiro atoms. The standard InChI is InChI=1S/C15H24N2O3/c1-19-13-7-6-12(11-14(13)20-2)8-10-17-15(18)5-3-4-9-16/h6-7,11H,3-5,8-10,16H2,1-2H3,(H,17,18). The predicted molar refractivity (Wildman–Crippen MR) is 79.2 cm³/mol. The molecule has 20 heavy (non-hydrogen) atoms. The van der Waals surface area contributed by atoms with Gasteiger partial charge in [0, 0.05) is 13.0 Å². The zero-order valence-electron chi connectivity index (χ0n) is 12.3. The average Bonchev–Trinajstić information content (AvgIpc) is 2.47. The van der Waals surface area contributed by atoms with Crippen LogP contribution in [0.4, 0.5) is 0 Å². The maximum atomic E-state index is 11.5. The number of methoxy groups -OCH3 is 2. The number of carbonyl (C=O) groups excluding carboxylic acids is 1. The summed E-state index contributed by atoms with van der Waals surface area (Å²) >= 11 is 0. The summed E-state index contributed by atoms with van der Waals surface area (Å²) in [4.78, 5) is 11.5. The second-order valence-corrected chi connectivity index (χ2v) is 4.54. The summed E-state index contributed by atoms with van der Waals surface area (Å²) < 4.78 is 10.4. The number of benzene rings is 1. The highest BCUT2D eigenvalue weighted by atomic mass is 16.5. The van der Waals surface area contributed by atoms with Crippen LogP contribution in [-0.4, -0.2) is 33.2 Å². The number of rotatable bonds is 9. The molecule has 0 radical (unpaired) electrons. The zero-order valence-corrected chi connectivity index (χ0v) is 12.3. The molecule has 3 N–H and O–H groups in total. The molecule has 0 bridgehead atoms. The van der Waals surface area contributed by atoms with E-state index in [0.717, 1.165) is 24.8 Å². The number of ether oxygens (including phenoxy) is 2. The van der Waals surface area contributed by atoms with Crippen LogP contribution in [-0.2, 0) is 11.2 Å². The smallest absolute Gasteiger partial charge is 0.220 e. The van der Waals surface area contributed by atoms with Gasteiger partial charge in [-0.1, -0.05) is 6.07 Å². The topological polar surface area (TPSA) is 73.6 Å². The van der Waals surface area contributed by atoms with E-state index < -0.39 is 0 Å². The molecule has 0 aliphatic carbocycles. The molecule has 1 rings (SSSR count). The van der Waals surface area contributed by atoms with Gasteiger partial charge in [-0.2, -0.15) is 0 Å². The van der Waals surface area contributed by atoms with Crippen molar-refractivity contribution in [1.29, 1.82) is 0 Å². The lowest BCUT2D eigenvalue weighted by Gasteiger charge is -2.10. The fourth-order valence-electron chi connectivity index (χ4n) is 1.90. The first-order chi connectivity index (χ1) is 9.71. The molecule has 0 aromatic heterocycles. The molecular formula is C15H24N2O3. The fourth-order valence-corrected chi connectivity index (χ4v) is 1.90. The maximum absolute atomic E-state index is 11.5. The Hall–Kier alpha value is -1.75. The van der Waals surface area contributed by atoms with Crippen LogP contribution in [0.5, 0.6) is 11.5 Å². The van der Waals surface area contributed by atoms with Gasteiger partial charge in [0.1, 0.15) is 0 Å². The van der Waals surface area contributed by atoms with Crippen LogP contribution in [0.3, 0.4) is 0 Å². The third-order valence-corrected chi connectivity index (χ3v) is 3.04. The third-order valence-electron chi connectivity index (χ3n) is 3.04. The largest absolute Gasteiger partial charge is 0.493 e. The lowest BCUT2D eigenvalue weighted by molar-refractivity contribution is -0.121. The summed E-state index contributed by atoms with van der Waals surface area (Å²) in [5, 5.41) is 2.90. The molecule has 0 heterocycles. The van der Waals surface area contributed by atoms with E-state index in [-0.39, 0.29) is 5.91 Å². The van der Waals surface area contributed by atoms with Crippen molar-refractivity contribution in [2.45, 2.75) is 25.7 Å². The van der Waals surface area contributed by atoms with Crippen LogP contribution in [0, 0.1) is 0 Å². The minimum atomic E-state index is 0.0823. The first-order valence-electron chi connectivity index (χ1n) is 6.89. The van der Waals surface area contributed by atoms with Crippen molar-refractivity contribution in [1.82, 2.24) is 5.32 Å². The Kier molecular flexibility index (Phi) is 7.50. The highest BCUT2D eigenvalue weighted by molar-refractivity contribution is 5.75. The molecule has 0 aliphatic rings. The number of hydrogen-bond donors (Lipinski definition) is 2. The van der Waals surface area contributed by atoms with E-state index in [4.69, 9.17) is 15.2 Å².